The first-order valence-corrected chi connectivity index (χ1v) is 17.4. The van der Waals surface area contributed by atoms with Crippen molar-refractivity contribution in [3.05, 3.63) is 23.8 Å². The van der Waals surface area contributed by atoms with Gasteiger partial charge in [0.25, 0.3) is 0 Å². The molecule has 1 amide bonds. The van der Waals surface area contributed by atoms with Crippen LogP contribution in [0.2, 0.25) is 0 Å². The lowest BCUT2D eigenvalue weighted by molar-refractivity contribution is -0.605. The van der Waals surface area contributed by atoms with E-state index in [0.29, 0.717) is 21.1 Å². The third-order valence-corrected chi connectivity index (χ3v) is 8.39. The zero-order valence-electron chi connectivity index (χ0n) is 35.1. The Morgan fingerprint density at radius 2 is 0.600 bits per heavy atom. The molecule has 0 aliphatic carbocycles. The van der Waals surface area contributed by atoms with Crippen molar-refractivity contribution < 1.29 is 223 Å². The summed E-state index contributed by atoms with van der Waals surface area (Å²) in [5.41, 5.74) is -6.95. The Hall–Kier alpha value is -4.44. The maximum absolute atomic E-state index is 15.6. The molecular weight excluding hydrogens is 1280 g/mol. The van der Waals surface area contributed by atoms with Crippen LogP contribution >= 0.6 is 0 Å². The summed E-state index contributed by atoms with van der Waals surface area (Å²) < 4.78 is 577. The minimum Gasteiger partial charge on any atom is -0.423 e. The van der Waals surface area contributed by atoms with Gasteiger partial charge in [-0.1, -0.05) is 6.07 Å². The van der Waals surface area contributed by atoms with Crippen molar-refractivity contribution in [1.82, 2.24) is 0 Å². The lowest BCUT2D eigenvalue weighted by Crippen LogP contribution is -2.73. The topological polar surface area (TPSA) is 125 Å². The van der Waals surface area contributed by atoms with E-state index < -0.39 is 163 Å². The molecule has 6 unspecified atom stereocenters. The highest BCUT2D eigenvalue weighted by atomic mass is 19.5. The van der Waals surface area contributed by atoms with Crippen LogP contribution < -0.4 is 10.8 Å². The molecule has 0 aliphatic heterocycles. The molecule has 0 fully saturated rings. The average molecular weight is 1290 g/mol. The Morgan fingerprint density at radius 3 is 0.800 bits per heavy atom. The van der Waals surface area contributed by atoms with Gasteiger partial charge in [0.1, 0.15) is 0 Å². The van der Waals surface area contributed by atoms with Gasteiger partial charge in [-0.2, -0.15) is 180 Å². The van der Waals surface area contributed by atoms with Crippen molar-refractivity contribution in [3.63, 3.8) is 0 Å². The molecular formula is C28H9BF41NO9. The van der Waals surface area contributed by atoms with Crippen LogP contribution in [-0.4, -0.2) is 138 Å². The maximum atomic E-state index is 15.6. The SMILES string of the molecule is CC(=O)Nc1ccc(C(F)(OC(F)(F)C(F)(OC(F)(F)C(F)(OC(F)(F)C(F)(OC(F)(F)C(F)(OC(F)(F)C(F)(OC(F)(F)C(F)(F)C(F)(F)F)C(F)(F)F)C(F)(F)F)C(F)(F)F)C(F)(F)F)C(F)(F)F)C(F)(F)F)c(B(O)O)c1. The fraction of sp³-hybridized carbons (Fsp3) is 0.750. The molecule has 0 aromatic heterocycles. The molecule has 10 nitrogen and oxygen atoms in total. The molecule has 3 N–H and O–H groups in total. The van der Waals surface area contributed by atoms with Gasteiger partial charge in [-0.25, -0.2) is 0 Å². The van der Waals surface area contributed by atoms with E-state index >= 15 is 17.6 Å². The zero-order valence-corrected chi connectivity index (χ0v) is 35.1. The number of carbonyl (C=O) groups excluding carboxylic acids is 1. The first kappa shape index (κ1) is 73.6. The van der Waals surface area contributed by atoms with Crippen LogP contribution in [0.1, 0.15) is 12.5 Å². The maximum Gasteiger partial charge on any atom is 0.489 e. The van der Waals surface area contributed by atoms with Gasteiger partial charge in [0.15, 0.2) is 0 Å². The number of alkyl halides is 41. The molecule has 0 radical (unpaired) electrons. The number of amides is 1. The number of anilines is 1. The zero-order chi connectivity index (χ0) is 65.0. The molecule has 0 spiro atoms. The predicted octanol–water partition coefficient (Wildman–Crippen LogP) is 12.0. The Bertz CT molecular complexity index is 2360. The van der Waals surface area contributed by atoms with E-state index in [1.165, 1.54) is 5.32 Å². The van der Waals surface area contributed by atoms with Gasteiger partial charge in [-0.15, -0.1) is 0 Å². The van der Waals surface area contributed by atoms with E-state index in [1.54, 1.807) is 0 Å². The molecule has 52 heteroatoms. The fourth-order valence-electron chi connectivity index (χ4n) is 4.64. The second kappa shape index (κ2) is 20.4. The van der Waals surface area contributed by atoms with Crippen LogP contribution in [0, 0.1) is 0 Å². The van der Waals surface area contributed by atoms with Crippen LogP contribution in [0.4, 0.5) is 186 Å². The summed E-state index contributed by atoms with van der Waals surface area (Å²) in [6.07, 6.45) is -119. The van der Waals surface area contributed by atoms with Crippen LogP contribution in [-0.2, 0) is 39.1 Å². The minimum atomic E-state index is -9.94. The van der Waals surface area contributed by atoms with E-state index in [2.05, 4.69) is 0 Å². The van der Waals surface area contributed by atoms with Crippen LogP contribution in [0.25, 0.3) is 0 Å². The van der Waals surface area contributed by atoms with Crippen LogP contribution in [0.5, 0.6) is 0 Å². The van der Waals surface area contributed by atoms with Crippen LogP contribution in [0.15, 0.2) is 18.2 Å². The van der Waals surface area contributed by atoms with Crippen molar-refractivity contribution in [1.29, 1.82) is 0 Å². The number of carbonyl (C=O) groups is 1. The highest BCUT2D eigenvalue weighted by Gasteiger charge is 2.92. The Kier molecular flexibility index (Phi) is 18.8. The van der Waals surface area contributed by atoms with Crippen molar-refractivity contribution >= 4 is 24.2 Å². The van der Waals surface area contributed by atoms with E-state index in [9.17, 15) is 177 Å². The predicted molar refractivity (Wildman–Crippen MR) is 156 cm³/mol. The largest absolute Gasteiger partial charge is 0.489 e. The molecule has 1 aromatic carbocycles. The normalized spacial score (nSPS) is 19.7. The third-order valence-electron chi connectivity index (χ3n) is 8.39. The first-order chi connectivity index (χ1) is 34.2. The molecule has 0 heterocycles. The van der Waals surface area contributed by atoms with Gasteiger partial charge in [0.2, 0.25) is 5.91 Å². The van der Waals surface area contributed by atoms with Gasteiger partial charge in [0.05, 0.1) is 0 Å². The number of halogens is 41. The lowest BCUT2D eigenvalue weighted by Gasteiger charge is -2.45. The third kappa shape index (κ3) is 12.6. The number of ether oxygens (including phenoxy) is 6. The Balaban J connectivity index is 4.38. The number of rotatable bonds is 21. The van der Waals surface area contributed by atoms with E-state index in [-0.39, 0.29) is 6.07 Å². The molecule has 6 atom stereocenters. The van der Waals surface area contributed by atoms with Crippen molar-refractivity contribution in [3.8, 4) is 0 Å². The highest BCUT2D eigenvalue weighted by molar-refractivity contribution is 6.59. The van der Waals surface area contributed by atoms with E-state index in [1.807, 2.05) is 4.74 Å². The number of hydrogen-bond acceptors (Lipinski definition) is 9. The van der Waals surface area contributed by atoms with Gasteiger partial charge in [0, 0.05) is 18.2 Å². The average Bonchev–Trinajstić information content (AvgIpc) is 3.16. The molecule has 0 saturated heterocycles. The Morgan fingerprint density at radius 1 is 0.362 bits per heavy atom. The quantitative estimate of drug-likeness (QED) is 0.0815. The summed E-state index contributed by atoms with van der Waals surface area (Å²) in [6, 6.07) is -1.64. The molecule has 1 rings (SSSR count). The summed E-state index contributed by atoms with van der Waals surface area (Å²) >= 11 is 0. The van der Waals surface area contributed by atoms with Gasteiger partial charge < -0.3 is 15.4 Å². The number of benzene rings is 1. The number of hydrogen-bond donors (Lipinski definition) is 3. The monoisotopic (exact) mass is 1290 g/mol. The second-order valence-corrected chi connectivity index (χ2v) is 14.2. The van der Waals surface area contributed by atoms with Gasteiger partial charge in [-0.3, -0.25) is 33.2 Å². The fourth-order valence-corrected chi connectivity index (χ4v) is 4.64. The Labute approximate surface area is 405 Å². The van der Waals surface area contributed by atoms with Crippen LogP contribution in [0.3, 0.4) is 0 Å². The smallest absolute Gasteiger partial charge is 0.423 e. The standard InChI is InChI=1S/C28H9BF41NO9/c1-5(72)71-6-2-3-7(8(4-6)29(73)74)9(30,16(38,39)40)75-24(61,62)11(33,18(44,45)46)77-26(65,66)13(35,20(50,51)52)79-28(69,70)15(37,22(56,57)58)80-27(67,68)14(36,21(53,54)55)78-25(63,64)12(34,19(47,48)49)76-23(59,60)10(31,32)17(41,42)43/h2-4,73-74H,1H3,(H,71,72). The highest BCUT2D eigenvalue weighted by Crippen LogP contribution is 2.64. The first-order valence-electron chi connectivity index (χ1n) is 17.4. The van der Waals surface area contributed by atoms with Crippen molar-refractivity contribution in [2.75, 3.05) is 5.32 Å². The minimum absolute atomic E-state index is 0.289. The molecule has 0 saturated carbocycles. The van der Waals surface area contributed by atoms with Gasteiger partial charge in [-0.05, 0) is 17.6 Å². The molecule has 470 valence electrons. The summed E-state index contributed by atoms with van der Waals surface area (Å²) in [7, 11) is -3.91. The van der Waals surface area contributed by atoms with Crippen molar-refractivity contribution in [2.45, 2.75) is 128 Å². The second-order valence-electron chi connectivity index (χ2n) is 14.2. The van der Waals surface area contributed by atoms with Gasteiger partial charge >= 0.3 is 128 Å². The lowest BCUT2D eigenvalue weighted by atomic mass is 9.74. The summed E-state index contributed by atoms with van der Waals surface area (Å²) in [5, 5.41) is 20.0. The molecule has 80 heavy (non-hydrogen) atoms. The molecule has 1 aromatic rings. The van der Waals surface area contributed by atoms with E-state index in [0.717, 1.165) is 9.47 Å². The summed E-state index contributed by atoms with van der Waals surface area (Å²) in [6.45, 7) is 0.455. The molecule has 0 bridgehead atoms. The van der Waals surface area contributed by atoms with Crippen molar-refractivity contribution in [2.24, 2.45) is 0 Å². The number of nitrogens with one attached hydrogen (secondary N) is 1. The summed E-state index contributed by atoms with van der Waals surface area (Å²) in [5.74, 6) is -65.7. The molecule has 0 aliphatic rings. The summed E-state index contributed by atoms with van der Waals surface area (Å²) in [4.78, 5) is 11.2. The van der Waals surface area contributed by atoms with E-state index in [4.69, 9.17) is 0 Å².